The van der Waals surface area contributed by atoms with Gasteiger partial charge in [0.1, 0.15) is 18.0 Å². The second-order valence-electron chi connectivity index (χ2n) is 7.26. The van der Waals surface area contributed by atoms with Crippen molar-refractivity contribution in [3.63, 3.8) is 0 Å². The number of aromatic nitrogens is 4. The number of para-hydroxylation sites is 2. The molecule has 0 saturated carbocycles. The molecule has 0 aliphatic carbocycles. The van der Waals surface area contributed by atoms with Crippen molar-refractivity contribution >= 4 is 27.8 Å². The van der Waals surface area contributed by atoms with Gasteiger partial charge in [0.2, 0.25) is 0 Å². The van der Waals surface area contributed by atoms with E-state index in [4.69, 9.17) is 9.72 Å². The molecule has 4 aromatic rings. The van der Waals surface area contributed by atoms with Crippen molar-refractivity contribution in [1.82, 2.24) is 19.5 Å². The Kier molecular flexibility index (Phi) is 4.30. The zero-order valence-corrected chi connectivity index (χ0v) is 16.5. The van der Waals surface area contributed by atoms with Crippen molar-refractivity contribution in [3.8, 4) is 5.75 Å². The van der Waals surface area contributed by atoms with Crippen molar-refractivity contribution in [3.05, 3.63) is 54.4 Å². The van der Waals surface area contributed by atoms with Crippen LogP contribution in [0, 0.1) is 5.82 Å². The number of imidazole rings is 1. The Morgan fingerprint density at radius 1 is 1.17 bits per heavy atom. The Hall–Kier alpha value is -3.22. The minimum absolute atomic E-state index is 0.108. The lowest BCUT2D eigenvalue weighted by Gasteiger charge is -2.27. The van der Waals surface area contributed by atoms with E-state index in [0.29, 0.717) is 5.52 Å². The summed E-state index contributed by atoms with van der Waals surface area (Å²) in [5.74, 6) is 1.62. The van der Waals surface area contributed by atoms with Gasteiger partial charge in [0.25, 0.3) is 0 Å². The van der Waals surface area contributed by atoms with E-state index in [-0.39, 0.29) is 11.8 Å². The van der Waals surface area contributed by atoms with Gasteiger partial charge < -0.3 is 14.2 Å². The molecule has 0 bridgehead atoms. The van der Waals surface area contributed by atoms with Crippen LogP contribution in [0.5, 0.6) is 5.75 Å². The van der Waals surface area contributed by atoms with Gasteiger partial charge in [-0.3, -0.25) is 0 Å². The quantitative estimate of drug-likeness (QED) is 0.513. The third-order valence-corrected chi connectivity index (χ3v) is 5.71. The van der Waals surface area contributed by atoms with Gasteiger partial charge in [0, 0.05) is 24.5 Å². The van der Waals surface area contributed by atoms with Crippen LogP contribution >= 0.6 is 0 Å². The third kappa shape index (κ3) is 2.80. The molecular formula is C22H22FN5O. The van der Waals surface area contributed by atoms with E-state index in [1.807, 2.05) is 12.1 Å². The fourth-order valence-corrected chi connectivity index (χ4v) is 4.40. The van der Waals surface area contributed by atoms with Crippen LogP contribution in [0.1, 0.15) is 31.6 Å². The first-order valence-electron chi connectivity index (χ1n) is 9.91. The predicted molar refractivity (Wildman–Crippen MR) is 111 cm³/mol. The summed E-state index contributed by atoms with van der Waals surface area (Å²) in [6.07, 6.45) is 3.54. The molecule has 0 spiro atoms. The van der Waals surface area contributed by atoms with Crippen LogP contribution in [0.4, 0.5) is 10.2 Å². The van der Waals surface area contributed by atoms with E-state index in [9.17, 15) is 4.39 Å². The summed E-state index contributed by atoms with van der Waals surface area (Å²) >= 11 is 0. The summed E-state index contributed by atoms with van der Waals surface area (Å²) in [7, 11) is 1.47. The molecule has 2 aromatic carbocycles. The molecule has 1 aliphatic heterocycles. The SMILES string of the molecule is CCn1c(C2CCCN2c2ncnc3cc(F)c(OC)cc23)nc2ccccc21. The average Bonchev–Trinajstić information content (AvgIpc) is 3.36. The minimum Gasteiger partial charge on any atom is -0.494 e. The summed E-state index contributed by atoms with van der Waals surface area (Å²) in [6.45, 7) is 3.86. The van der Waals surface area contributed by atoms with Gasteiger partial charge in [-0.25, -0.2) is 19.3 Å². The topological polar surface area (TPSA) is 56.1 Å². The fourth-order valence-electron chi connectivity index (χ4n) is 4.40. The van der Waals surface area contributed by atoms with Crippen molar-refractivity contribution in [2.45, 2.75) is 32.4 Å². The summed E-state index contributed by atoms with van der Waals surface area (Å²) in [5.41, 5.74) is 2.73. The first-order valence-corrected chi connectivity index (χ1v) is 9.91. The molecule has 5 rings (SSSR count). The van der Waals surface area contributed by atoms with Crippen LogP contribution in [0.2, 0.25) is 0 Å². The maximum atomic E-state index is 14.2. The number of methoxy groups -OCH3 is 1. The maximum absolute atomic E-state index is 14.2. The van der Waals surface area contributed by atoms with E-state index < -0.39 is 5.82 Å². The maximum Gasteiger partial charge on any atom is 0.167 e. The monoisotopic (exact) mass is 391 g/mol. The number of anilines is 1. The van der Waals surface area contributed by atoms with E-state index in [1.165, 1.54) is 19.5 Å². The second kappa shape index (κ2) is 6.99. The Morgan fingerprint density at radius 3 is 2.86 bits per heavy atom. The first kappa shape index (κ1) is 17.8. The van der Waals surface area contributed by atoms with Crippen molar-refractivity contribution in [2.75, 3.05) is 18.6 Å². The van der Waals surface area contributed by atoms with Crippen LogP contribution in [0.25, 0.3) is 21.9 Å². The van der Waals surface area contributed by atoms with Crippen LogP contribution in [-0.2, 0) is 6.54 Å². The Morgan fingerprint density at radius 2 is 2.03 bits per heavy atom. The summed E-state index contributed by atoms with van der Waals surface area (Å²) in [4.78, 5) is 16.1. The van der Waals surface area contributed by atoms with Gasteiger partial charge in [0.05, 0.1) is 29.7 Å². The van der Waals surface area contributed by atoms with Crippen molar-refractivity contribution in [1.29, 1.82) is 0 Å². The molecule has 0 amide bonds. The van der Waals surface area contributed by atoms with Gasteiger partial charge in [-0.2, -0.15) is 0 Å². The molecule has 1 fully saturated rings. The van der Waals surface area contributed by atoms with Crippen molar-refractivity contribution in [2.24, 2.45) is 0 Å². The lowest BCUT2D eigenvalue weighted by molar-refractivity contribution is 0.387. The normalized spacial score (nSPS) is 16.8. The summed E-state index contributed by atoms with van der Waals surface area (Å²) in [5, 5.41) is 0.789. The van der Waals surface area contributed by atoms with Gasteiger partial charge >= 0.3 is 0 Å². The predicted octanol–water partition coefficient (Wildman–Crippen LogP) is 4.49. The summed E-state index contributed by atoms with van der Waals surface area (Å²) in [6, 6.07) is 11.4. The van der Waals surface area contributed by atoms with Crippen LogP contribution in [-0.4, -0.2) is 33.2 Å². The Balaban J connectivity index is 1.66. The number of hydrogen-bond donors (Lipinski definition) is 0. The standard InChI is InChI=1S/C22H22FN5O/c1-3-27-18-8-5-4-7-16(18)26-22(27)19-9-6-10-28(19)21-14-11-20(29-2)15(23)12-17(14)24-13-25-21/h4-5,7-8,11-13,19H,3,6,9-10H2,1-2H3. The molecule has 1 saturated heterocycles. The van der Waals surface area contributed by atoms with Gasteiger partial charge in [-0.1, -0.05) is 12.1 Å². The minimum atomic E-state index is -0.421. The molecule has 29 heavy (non-hydrogen) atoms. The van der Waals surface area contributed by atoms with E-state index in [0.717, 1.165) is 54.0 Å². The molecule has 148 valence electrons. The highest BCUT2D eigenvalue weighted by Gasteiger charge is 2.32. The van der Waals surface area contributed by atoms with E-state index >= 15 is 0 Å². The molecule has 7 heteroatoms. The zero-order chi connectivity index (χ0) is 20.0. The third-order valence-electron chi connectivity index (χ3n) is 5.71. The molecule has 3 heterocycles. The highest BCUT2D eigenvalue weighted by Crippen LogP contribution is 2.39. The number of halogens is 1. The smallest absolute Gasteiger partial charge is 0.167 e. The molecule has 0 radical (unpaired) electrons. The number of nitrogens with zero attached hydrogens (tertiary/aromatic N) is 5. The van der Waals surface area contributed by atoms with Gasteiger partial charge in [-0.05, 0) is 38.0 Å². The van der Waals surface area contributed by atoms with E-state index in [2.05, 4.69) is 38.5 Å². The number of benzene rings is 2. The summed E-state index contributed by atoms with van der Waals surface area (Å²) < 4.78 is 21.6. The first-order chi connectivity index (χ1) is 14.2. The Bertz CT molecular complexity index is 1200. The molecular weight excluding hydrogens is 369 g/mol. The number of fused-ring (bicyclic) bond motifs is 2. The van der Waals surface area contributed by atoms with Crippen molar-refractivity contribution < 1.29 is 9.13 Å². The van der Waals surface area contributed by atoms with Gasteiger partial charge in [0.15, 0.2) is 11.6 Å². The molecule has 1 atom stereocenters. The van der Waals surface area contributed by atoms with Crippen LogP contribution < -0.4 is 9.64 Å². The average molecular weight is 391 g/mol. The molecule has 1 unspecified atom stereocenters. The highest BCUT2D eigenvalue weighted by molar-refractivity contribution is 5.91. The van der Waals surface area contributed by atoms with Gasteiger partial charge in [-0.15, -0.1) is 0 Å². The van der Waals surface area contributed by atoms with Crippen LogP contribution in [0.15, 0.2) is 42.7 Å². The molecule has 1 aliphatic rings. The lowest BCUT2D eigenvalue weighted by atomic mass is 10.1. The Labute approximate surface area is 168 Å². The molecule has 6 nitrogen and oxygen atoms in total. The lowest BCUT2D eigenvalue weighted by Crippen LogP contribution is -2.26. The number of hydrogen-bond acceptors (Lipinski definition) is 5. The fraction of sp³-hybridized carbons (Fsp3) is 0.318. The zero-order valence-electron chi connectivity index (χ0n) is 16.5. The largest absolute Gasteiger partial charge is 0.494 e. The number of aryl methyl sites for hydroxylation is 1. The van der Waals surface area contributed by atoms with Crippen LogP contribution in [0.3, 0.4) is 0 Å². The molecule has 0 N–H and O–H groups in total. The number of ether oxygens (including phenoxy) is 1. The van der Waals surface area contributed by atoms with E-state index in [1.54, 1.807) is 6.07 Å². The highest BCUT2D eigenvalue weighted by atomic mass is 19.1. The second-order valence-corrected chi connectivity index (χ2v) is 7.26. The number of rotatable bonds is 4. The molecule has 2 aromatic heterocycles.